The van der Waals surface area contributed by atoms with Gasteiger partial charge < -0.3 is 11.1 Å². The fourth-order valence-corrected chi connectivity index (χ4v) is 1.56. The first-order valence-electron chi connectivity index (χ1n) is 5.17. The maximum atomic E-state index is 11.7. The van der Waals surface area contributed by atoms with Gasteiger partial charge in [0.15, 0.2) is 0 Å². The summed E-state index contributed by atoms with van der Waals surface area (Å²) in [5.41, 5.74) is 6.61. The molecule has 0 bridgehead atoms. The van der Waals surface area contributed by atoms with Gasteiger partial charge in [-0.15, -0.1) is 0 Å². The van der Waals surface area contributed by atoms with Gasteiger partial charge in [-0.1, -0.05) is 11.6 Å². The molecule has 6 nitrogen and oxygen atoms in total. The zero-order valence-corrected chi connectivity index (χ0v) is 10.4. The number of rotatable bonds is 2. The summed E-state index contributed by atoms with van der Waals surface area (Å²) in [5, 5.41) is 9.63. The van der Waals surface area contributed by atoms with Crippen LogP contribution < -0.4 is 16.4 Å². The highest BCUT2D eigenvalue weighted by atomic mass is 35.5. The van der Waals surface area contributed by atoms with E-state index in [1.807, 2.05) is 0 Å². The van der Waals surface area contributed by atoms with E-state index in [1.54, 1.807) is 42.2 Å². The van der Waals surface area contributed by atoms with Gasteiger partial charge in [0.05, 0.1) is 16.9 Å². The molecule has 2 aromatic rings. The third-order valence-corrected chi connectivity index (χ3v) is 2.65. The first-order valence-corrected chi connectivity index (χ1v) is 5.55. The molecule has 1 aromatic carbocycles. The Morgan fingerprint density at radius 3 is 2.78 bits per heavy atom. The Morgan fingerprint density at radius 2 is 2.17 bits per heavy atom. The van der Waals surface area contributed by atoms with E-state index in [2.05, 4.69) is 15.7 Å². The Balaban J connectivity index is 2.03. The number of nitrogens with one attached hydrogen (secondary N) is 2. The standard InChI is InChI=1S/C11H12ClN5O/c1-17-10(4-5-14-17)16-11(18)15-7-2-3-9(13)8(12)6-7/h2-6H,13H2,1H3,(H2,15,16,18). The summed E-state index contributed by atoms with van der Waals surface area (Å²) in [6.45, 7) is 0. The summed E-state index contributed by atoms with van der Waals surface area (Å²) >= 11 is 5.85. The summed E-state index contributed by atoms with van der Waals surface area (Å²) in [7, 11) is 1.73. The number of benzene rings is 1. The quantitative estimate of drug-likeness (QED) is 0.729. The van der Waals surface area contributed by atoms with Gasteiger partial charge in [-0.25, -0.2) is 4.79 Å². The number of aryl methyl sites for hydroxylation is 1. The number of carbonyl (C=O) groups is 1. The maximum absolute atomic E-state index is 11.7. The number of nitrogen functional groups attached to an aromatic ring is 1. The average Bonchev–Trinajstić information content (AvgIpc) is 2.70. The van der Waals surface area contributed by atoms with E-state index in [1.165, 1.54) is 0 Å². The maximum Gasteiger partial charge on any atom is 0.324 e. The van der Waals surface area contributed by atoms with Crippen LogP contribution in [0.25, 0.3) is 0 Å². The van der Waals surface area contributed by atoms with Crippen molar-refractivity contribution in [2.75, 3.05) is 16.4 Å². The molecule has 0 aliphatic heterocycles. The minimum absolute atomic E-state index is 0.376. The van der Waals surface area contributed by atoms with Crippen molar-refractivity contribution in [1.29, 1.82) is 0 Å². The normalized spacial score (nSPS) is 10.1. The van der Waals surface area contributed by atoms with Gasteiger partial charge in [-0.3, -0.25) is 10.00 Å². The van der Waals surface area contributed by atoms with Crippen LogP contribution in [0.1, 0.15) is 0 Å². The monoisotopic (exact) mass is 265 g/mol. The summed E-state index contributed by atoms with van der Waals surface area (Å²) in [6.07, 6.45) is 1.59. The predicted octanol–water partition coefficient (Wildman–Crippen LogP) is 2.30. The molecular formula is C11H12ClN5O. The van der Waals surface area contributed by atoms with E-state index in [9.17, 15) is 4.79 Å². The van der Waals surface area contributed by atoms with E-state index in [-0.39, 0.29) is 6.03 Å². The molecule has 2 rings (SSSR count). The van der Waals surface area contributed by atoms with Crippen LogP contribution in [0.15, 0.2) is 30.5 Å². The minimum atomic E-state index is -0.376. The lowest BCUT2D eigenvalue weighted by Crippen LogP contribution is -2.21. The fraction of sp³-hybridized carbons (Fsp3) is 0.0909. The Bertz CT molecular complexity index is 581. The Morgan fingerprint density at radius 1 is 1.39 bits per heavy atom. The van der Waals surface area contributed by atoms with E-state index in [0.29, 0.717) is 22.2 Å². The van der Waals surface area contributed by atoms with Crippen LogP contribution in [0.2, 0.25) is 5.02 Å². The van der Waals surface area contributed by atoms with Crippen LogP contribution in [-0.4, -0.2) is 15.8 Å². The number of halogens is 1. The summed E-state index contributed by atoms with van der Waals surface area (Å²) < 4.78 is 1.55. The summed E-state index contributed by atoms with van der Waals surface area (Å²) in [6, 6.07) is 6.20. The molecule has 1 heterocycles. The van der Waals surface area contributed by atoms with Gasteiger partial charge in [-0.05, 0) is 18.2 Å². The fourth-order valence-electron chi connectivity index (χ4n) is 1.38. The first-order chi connectivity index (χ1) is 8.56. The number of aromatic nitrogens is 2. The number of amides is 2. The Labute approximate surface area is 109 Å². The molecule has 18 heavy (non-hydrogen) atoms. The smallest absolute Gasteiger partial charge is 0.324 e. The van der Waals surface area contributed by atoms with Crippen molar-refractivity contribution in [3.05, 3.63) is 35.5 Å². The number of hydrogen-bond donors (Lipinski definition) is 3. The van der Waals surface area contributed by atoms with E-state index in [0.717, 1.165) is 0 Å². The average molecular weight is 266 g/mol. The third kappa shape index (κ3) is 2.72. The van der Waals surface area contributed by atoms with Crippen molar-refractivity contribution in [1.82, 2.24) is 9.78 Å². The first kappa shape index (κ1) is 12.3. The molecule has 1 aromatic heterocycles. The second-order valence-corrected chi connectivity index (χ2v) is 4.06. The van der Waals surface area contributed by atoms with Gasteiger partial charge in [-0.2, -0.15) is 5.10 Å². The second kappa shape index (κ2) is 4.97. The van der Waals surface area contributed by atoms with E-state index in [4.69, 9.17) is 17.3 Å². The number of carbonyl (C=O) groups excluding carboxylic acids is 1. The molecule has 0 saturated carbocycles. The molecule has 0 aliphatic rings. The summed E-state index contributed by atoms with van der Waals surface area (Å²) in [5.74, 6) is 0.592. The van der Waals surface area contributed by atoms with Crippen LogP contribution in [0.5, 0.6) is 0 Å². The van der Waals surface area contributed by atoms with E-state index >= 15 is 0 Å². The van der Waals surface area contributed by atoms with Crippen molar-refractivity contribution in [2.45, 2.75) is 0 Å². The largest absolute Gasteiger partial charge is 0.398 e. The Hall–Kier alpha value is -2.21. The minimum Gasteiger partial charge on any atom is -0.398 e. The highest BCUT2D eigenvalue weighted by molar-refractivity contribution is 6.33. The van der Waals surface area contributed by atoms with Crippen LogP contribution in [0.4, 0.5) is 22.0 Å². The molecule has 0 spiro atoms. The van der Waals surface area contributed by atoms with Crippen molar-refractivity contribution >= 4 is 34.8 Å². The van der Waals surface area contributed by atoms with Gasteiger partial charge in [0.1, 0.15) is 5.82 Å². The lowest BCUT2D eigenvalue weighted by molar-refractivity contribution is 0.262. The lowest BCUT2D eigenvalue weighted by atomic mass is 10.3. The summed E-state index contributed by atoms with van der Waals surface area (Å²) in [4.78, 5) is 11.7. The zero-order valence-electron chi connectivity index (χ0n) is 9.64. The van der Waals surface area contributed by atoms with E-state index < -0.39 is 0 Å². The second-order valence-electron chi connectivity index (χ2n) is 3.66. The van der Waals surface area contributed by atoms with Gasteiger partial charge >= 0.3 is 6.03 Å². The highest BCUT2D eigenvalue weighted by Gasteiger charge is 2.06. The molecule has 0 aliphatic carbocycles. The van der Waals surface area contributed by atoms with Gasteiger partial charge in [0.2, 0.25) is 0 Å². The molecule has 0 atom stereocenters. The highest BCUT2D eigenvalue weighted by Crippen LogP contribution is 2.22. The third-order valence-electron chi connectivity index (χ3n) is 2.32. The molecule has 4 N–H and O–H groups in total. The predicted molar refractivity (Wildman–Crippen MR) is 71.7 cm³/mol. The molecule has 0 radical (unpaired) electrons. The van der Waals surface area contributed by atoms with Crippen molar-refractivity contribution in [3.8, 4) is 0 Å². The zero-order chi connectivity index (χ0) is 13.1. The molecule has 0 saturated heterocycles. The number of urea groups is 1. The molecule has 0 fully saturated rings. The van der Waals surface area contributed by atoms with Crippen LogP contribution in [-0.2, 0) is 7.05 Å². The van der Waals surface area contributed by atoms with Gasteiger partial charge in [0.25, 0.3) is 0 Å². The van der Waals surface area contributed by atoms with Crippen molar-refractivity contribution in [3.63, 3.8) is 0 Å². The molecule has 2 amide bonds. The van der Waals surface area contributed by atoms with Crippen LogP contribution in [0, 0.1) is 0 Å². The van der Waals surface area contributed by atoms with Crippen molar-refractivity contribution < 1.29 is 4.79 Å². The molecular weight excluding hydrogens is 254 g/mol. The number of hydrogen-bond acceptors (Lipinski definition) is 3. The molecule has 94 valence electrons. The SMILES string of the molecule is Cn1nccc1NC(=O)Nc1ccc(N)c(Cl)c1. The Kier molecular flexibility index (Phi) is 3.38. The van der Waals surface area contributed by atoms with Crippen molar-refractivity contribution in [2.24, 2.45) is 7.05 Å². The lowest BCUT2D eigenvalue weighted by Gasteiger charge is -2.08. The topological polar surface area (TPSA) is 85.0 Å². The molecule has 0 unspecified atom stereocenters. The van der Waals surface area contributed by atoms with Gasteiger partial charge in [0, 0.05) is 18.8 Å². The van der Waals surface area contributed by atoms with Crippen LogP contribution in [0.3, 0.4) is 0 Å². The van der Waals surface area contributed by atoms with Crippen LogP contribution >= 0.6 is 11.6 Å². The number of nitrogens with two attached hydrogens (primary N) is 1. The molecule has 7 heteroatoms. The number of nitrogens with zero attached hydrogens (tertiary/aromatic N) is 2. The number of anilines is 3.